The Morgan fingerprint density at radius 1 is 1.50 bits per heavy atom. The third kappa shape index (κ3) is 1.64. The van der Waals surface area contributed by atoms with Gasteiger partial charge in [0.25, 0.3) is 0 Å². The van der Waals surface area contributed by atoms with Gasteiger partial charge < -0.3 is 10.4 Å². The van der Waals surface area contributed by atoms with Crippen molar-refractivity contribution in [2.24, 2.45) is 5.92 Å². The minimum absolute atomic E-state index is 0.235. The highest BCUT2D eigenvalue weighted by atomic mass is 19.3. The van der Waals surface area contributed by atoms with E-state index in [1.807, 2.05) is 0 Å². The van der Waals surface area contributed by atoms with E-state index in [9.17, 15) is 8.78 Å². The lowest BCUT2D eigenvalue weighted by Crippen LogP contribution is -2.43. The summed E-state index contributed by atoms with van der Waals surface area (Å²) in [6.45, 7) is 0.878. The van der Waals surface area contributed by atoms with Gasteiger partial charge in [-0.3, -0.25) is 0 Å². The van der Waals surface area contributed by atoms with Crippen LogP contribution in [-0.4, -0.2) is 30.7 Å². The zero-order valence-corrected chi connectivity index (χ0v) is 5.56. The first-order valence-electron chi connectivity index (χ1n) is 3.38. The largest absolute Gasteiger partial charge is 0.393 e. The van der Waals surface area contributed by atoms with Crippen LogP contribution in [0.1, 0.15) is 6.42 Å². The van der Waals surface area contributed by atoms with E-state index in [0.29, 0.717) is 13.0 Å². The van der Waals surface area contributed by atoms with Crippen LogP contribution in [0.3, 0.4) is 0 Å². The molecule has 1 aliphatic rings. The highest BCUT2D eigenvalue weighted by Gasteiger charge is 2.30. The van der Waals surface area contributed by atoms with Crippen molar-refractivity contribution in [1.29, 1.82) is 0 Å². The lowest BCUT2D eigenvalue weighted by atomic mass is 9.97. The van der Waals surface area contributed by atoms with Crippen LogP contribution in [0.4, 0.5) is 8.78 Å². The summed E-state index contributed by atoms with van der Waals surface area (Å²) in [5, 5.41) is 11.8. The van der Waals surface area contributed by atoms with E-state index < -0.39 is 18.4 Å². The molecule has 0 amide bonds. The van der Waals surface area contributed by atoms with Gasteiger partial charge in [0, 0.05) is 6.54 Å². The fourth-order valence-corrected chi connectivity index (χ4v) is 1.13. The molecule has 0 aromatic rings. The maximum atomic E-state index is 12.0. The standard InChI is InChI=1S/C6H11F2NO/c7-6(8)4-3-9-2-1-5(4)10/h4-6,9-10H,1-3H2/t4-,5?/m0/s1. The van der Waals surface area contributed by atoms with E-state index in [0.717, 1.165) is 0 Å². The smallest absolute Gasteiger partial charge is 0.245 e. The van der Waals surface area contributed by atoms with Crippen molar-refractivity contribution in [3.05, 3.63) is 0 Å². The Morgan fingerprint density at radius 2 is 2.20 bits per heavy atom. The third-order valence-electron chi connectivity index (χ3n) is 1.81. The van der Waals surface area contributed by atoms with Crippen LogP contribution >= 0.6 is 0 Å². The van der Waals surface area contributed by atoms with Crippen molar-refractivity contribution in [2.45, 2.75) is 19.0 Å². The molecule has 2 atom stereocenters. The zero-order chi connectivity index (χ0) is 7.56. The van der Waals surface area contributed by atoms with Crippen molar-refractivity contribution in [3.63, 3.8) is 0 Å². The molecule has 60 valence electrons. The van der Waals surface area contributed by atoms with E-state index in [2.05, 4.69) is 5.32 Å². The Labute approximate surface area is 58.2 Å². The van der Waals surface area contributed by atoms with Crippen LogP contribution in [0.25, 0.3) is 0 Å². The summed E-state index contributed by atoms with van der Waals surface area (Å²) in [7, 11) is 0. The van der Waals surface area contributed by atoms with Gasteiger partial charge in [0.2, 0.25) is 6.43 Å². The number of hydrogen-bond acceptors (Lipinski definition) is 2. The van der Waals surface area contributed by atoms with Crippen LogP contribution in [0.15, 0.2) is 0 Å². The first-order chi connectivity index (χ1) is 4.72. The molecule has 0 spiro atoms. The molecule has 2 N–H and O–H groups in total. The van der Waals surface area contributed by atoms with Gasteiger partial charge in [0.05, 0.1) is 12.0 Å². The molecule has 10 heavy (non-hydrogen) atoms. The van der Waals surface area contributed by atoms with Crippen molar-refractivity contribution >= 4 is 0 Å². The minimum atomic E-state index is -2.40. The molecule has 1 unspecified atom stereocenters. The average Bonchev–Trinajstić information content (AvgIpc) is 1.88. The molecule has 0 radical (unpaired) electrons. The van der Waals surface area contributed by atoms with Gasteiger partial charge in [-0.1, -0.05) is 0 Å². The SMILES string of the molecule is OC1CCNC[C@@H]1C(F)F. The highest BCUT2D eigenvalue weighted by molar-refractivity contribution is 4.78. The lowest BCUT2D eigenvalue weighted by molar-refractivity contribution is -0.0223. The second kappa shape index (κ2) is 3.25. The molecule has 2 nitrogen and oxygen atoms in total. The van der Waals surface area contributed by atoms with Crippen LogP contribution in [-0.2, 0) is 0 Å². The summed E-state index contributed by atoms with van der Waals surface area (Å²) < 4.78 is 23.9. The fraction of sp³-hybridized carbons (Fsp3) is 1.00. The number of alkyl halides is 2. The number of aliphatic hydroxyl groups excluding tert-OH is 1. The normalized spacial score (nSPS) is 34.8. The number of nitrogens with one attached hydrogen (secondary N) is 1. The van der Waals surface area contributed by atoms with E-state index in [1.54, 1.807) is 0 Å². The Hall–Kier alpha value is -0.220. The van der Waals surface area contributed by atoms with Gasteiger partial charge >= 0.3 is 0 Å². The van der Waals surface area contributed by atoms with Crippen molar-refractivity contribution < 1.29 is 13.9 Å². The fourth-order valence-electron chi connectivity index (χ4n) is 1.13. The van der Waals surface area contributed by atoms with Crippen LogP contribution in [0, 0.1) is 5.92 Å². The van der Waals surface area contributed by atoms with Gasteiger partial charge in [-0.2, -0.15) is 0 Å². The molecule has 4 heteroatoms. The predicted molar refractivity (Wildman–Crippen MR) is 33.0 cm³/mol. The maximum Gasteiger partial charge on any atom is 0.245 e. The van der Waals surface area contributed by atoms with Crippen molar-refractivity contribution in [3.8, 4) is 0 Å². The second-order valence-electron chi connectivity index (χ2n) is 2.56. The number of halogens is 2. The third-order valence-corrected chi connectivity index (χ3v) is 1.81. The molecule has 1 saturated heterocycles. The quantitative estimate of drug-likeness (QED) is 0.562. The maximum absolute atomic E-state index is 12.0. The molecule has 1 fully saturated rings. The van der Waals surface area contributed by atoms with Crippen LogP contribution in [0.5, 0.6) is 0 Å². The van der Waals surface area contributed by atoms with E-state index >= 15 is 0 Å². The van der Waals surface area contributed by atoms with E-state index in [4.69, 9.17) is 5.11 Å². The van der Waals surface area contributed by atoms with Gasteiger partial charge in [-0.15, -0.1) is 0 Å². The number of piperidine rings is 1. The lowest BCUT2D eigenvalue weighted by Gasteiger charge is -2.27. The summed E-state index contributed by atoms with van der Waals surface area (Å²) in [6.07, 6.45) is -2.78. The summed E-state index contributed by atoms with van der Waals surface area (Å²) in [6, 6.07) is 0. The summed E-state index contributed by atoms with van der Waals surface area (Å²) in [4.78, 5) is 0. The average molecular weight is 151 g/mol. The topological polar surface area (TPSA) is 32.3 Å². The number of aliphatic hydroxyl groups is 1. The molecule has 0 aliphatic carbocycles. The van der Waals surface area contributed by atoms with Gasteiger partial charge in [0.15, 0.2) is 0 Å². The summed E-state index contributed by atoms with van der Waals surface area (Å²) >= 11 is 0. The predicted octanol–water partition coefficient (Wildman–Crippen LogP) is 0.222. The molecule has 1 heterocycles. The first-order valence-corrected chi connectivity index (χ1v) is 3.38. The molecule has 0 aromatic heterocycles. The monoisotopic (exact) mass is 151 g/mol. The first kappa shape index (κ1) is 7.88. The number of rotatable bonds is 1. The molecular formula is C6H11F2NO. The van der Waals surface area contributed by atoms with Crippen LogP contribution < -0.4 is 5.32 Å². The van der Waals surface area contributed by atoms with Crippen molar-refractivity contribution in [2.75, 3.05) is 13.1 Å². The summed E-state index contributed by atoms with van der Waals surface area (Å²) in [5.41, 5.74) is 0. The highest BCUT2D eigenvalue weighted by Crippen LogP contribution is 2.18. The van der Waals surface area contributed by atoms with E-state index in [-0.39, 0.29) is 6.54 Å². The molecule has 0 saturated carbocycles. The molecule has 1 rings (SSSR count). The number of hydrogen-bond donors (Lipinski definition) is 2. The van der Waals surface area contributed by atoms with Gasteiger partial charge in [-0.25, -0.2) is 8.78 Å². The van der Waals surface area contributed by atoms with Crippen LogP contribution in [0.2, 0.25) is 0 Å². The molecular weight excluding hydrogens is 140 g/mol. The Bertz CT molecular complexity index is 110. The van der Waals surface area contributed by atoms with Gasteiger partial charge in [-0.05, 0) is 13.0 Å². The Kier molecular flexibility index (Phi) is 2.56. The second-order valence-corrected chi connectivity index (χ2v) is 2.56. The summed E-state index contributed by atoms with van der Waals surface area (Å²) in [5.74, 6) is -0.867. The zero-order valence-electron chi connectivity index (χ0n) is 5.56. The molecule has 1 aliphatic heterocycles. The van der Waals surface area contributed by atoms with E-state index in [1.165, 1.54) is 0 Å². The van der Waals surface area contributed by atoms with Gasteiger partial charge in [0.1, 0.15) is 0 Å². The Morgan fingerprint density at radius 3 is 2.60 bits per heavy atom. The minimum Gasteiger partial charge on any atom is -0.393 e. The molecule has 0 aromatic carbocycles. The molecule has 0 bridgehead atoms. The van der Waals surface area contributed by atoms with Crippen molar-refractivity contribution in [1.82, 2.24) is 5.32 Å². The Balaban J connectivity index is 2.40.